The van der Waals surface area contributed by atoms with Crippen LogP contribution in [-0.2, 0) is 38.9 Å². The number of nitrogens with zero attached hydrogens (tertiary/aromatic N) is 9. The molecule has 38 nitrogen and oxygen atoms in total. The lowest BCUT2D eigenvalue weighted by molar-refractivity contribution is -0.193. The fourth-order valence-corrected chi connectivity index (χ4v) is 13.7. The maximum atomic E-state index is 12.4. The van der Waals surface area contributed by atoms with Gasteiger partial charge in [0.15, 0.2) is 39.7 Å². The summed E-state index contributed by atoms with van der Waals surface area (Å²) >= 11 is 0. The molecule has 0 radical (unpaired) electrons. The third-order valence-corrected chi connectivity index (χ3v) is 21.3. The predicted molar refractivity (Wildman–Crippen MR) is 504 cm³/mol. The van der Waals surface area contributed by atoms with Gasteiger partial charge in [0.1, 0.15) is 0 Å². The quantitative estimate of drug-likeness (QED) is 0.00634. The number of benzene rings is 3. The first-order valence-electron chi connectivity index (χ1n) is 45.1. The molecule has 1 fully saturated rings. The lowest BCUT2D eigenvalue weighted by atomic mass is 10.2. The zero-order chi connectivity index (χ0) is 92.8. The Labute approximate surface area is 751 Å². The molecule has 3 aromatic rings. The Morgan fingerprint density at radius 1 is 0.389 bits per heavy atom. The molecule has 0 saturated carbocycles. The van der Waals surface area contributed by atoms with Crippen molar-refractivity contribution < 1.29 is 72.4 Å². The number of aromatic hydroxyl groups is 6. The van der Waals surface area contributed by atoms with Crippen molar-refractivity contribution in [1.82, 2.24) is 114 Å². The molecule has 0 bridgehead atoms. The maximum Gasteiger partial charge on any atom is 0.356 e. The number of hydroxylamine groups is 2. The lowest BCUT2D eigenvalue weighted by Gasteiger charge is -2.30. The minimum atomic E-state index is -4.79. The zero-order valence-corrected chi connectivity index (χ0v) is 77.9. The Hall–Kier alpha value is -7.66. The average Bonchev–Trinajstić information content (AvgIpc) is 1.65. The predicted octanol–water partition coefficient (Wildman–Crippen LogP) is -0.659. The number of nitrogens with one attached hydrogen (secondary N) is 13. The van der Waals surface area contributed by atoms with Gasteiger partial charge in [0.25, 0.3) is 21.9 Å². The highest BCUT2D eigenvalue weighted by Crippen LogP contribution is 2.28. The molecule has 0 aromatic heterocycles. The lowest BCUT2D eigenvalue weighted by Crippen LogP contribution is -2.48. The molecule has 1 aliphatic heterocycles. The molecule has 3 aromatic carbocycles. The van der Waals surface area contributed by atoms with E-state index in [0.29, 0.717) is 42.9 Å². The largest absolute Gasteiger partial charge is 0.504 e. The van der Waals surface area contributed by atoms with Crippen LogP contribution in [0.4, 0.5) is 0 Å². The molecule has 126 heavy (non-hydrogen) atoms. The van der Waals surface area contributed by atoms with Gasteiger partial charge in [-0.25, -0.2) is 10.2 Å². The first-order chi connectivity index (χ1) is 60.8. The van der Waals surface area contributed by atoms with Crippen molar-refractivity contribution in [3.05, 3.63) is 89.5 Å². The third-order valence-electron chi connectivity index (χ3n) is 20.2. The van der Waals surface area contributed by atoms with Gasteiger partial charge in [-0.2, -0.15) is 8.42 Å². The average molecular weight is 1800 g/mol. The first-order valence-corrected chi connectivity index (χ1v) is 46.6. The van der Waals surface area contributed by atoms with Crippen molar-refractivity contribution in [3.63, 3.8) is 0 Å². The summed E-state index contributed by atoms with van der Waals surface area (Å²) in [6.45, 7) is 50.8. The van der Waals surface area contributed by atoms with Crippen LogP contribution in [0.3, 0.4) is 0 Å². The van der Waals surface area contributed by atoms with Gasteiger partial charge < -0.3 is 105 Å². The van der Waals surface area contributed by atoms with E-state index in [1.807, 2.05) is 28.2 Å². The van der Waals surface area contributed by atoms with Gasteiger partial charge >= 0.3 is 5.97 Å². The van der Waals surface area contributed by atoms with Crippen molar-refractivity contribution in [3.8, 4) is 34.5 Å². The van der Waals surface area contributed by atoms with E-state index < -0.39 is 45.3 Å². The fraction of sp³-hybridized carbons (Fsp3) is 0.667. The van der Waals surface area contributed by atoms with Crippen LogP contribution in [0.5, 0.6) is 34.5 Å². The summed E-state index contributed by atoms with van der Waals surface area (Å²) < 4.78 is 30.7. The minimum Gasteiger partial charge on any atom is -0.504 e. The summed E-state index contributed by atoms with van der Waals surface area (Å²) in [5, 5.41) is 91.7. The van der Waals surface area contributed by atoms with Gasteiger partial charge in [0, 0.05) is 254 Å². The van der Waals surface area contributed by atoms with Crippen molar-refractivity contribution in [2.24, 2.45) is 5.73 Å². The topological polar surface area (TPSA) is 482 Å². The number of nitrogens with two attached hydrogens (primary N) is 1. The van der Waals surface area contributed by atoms with Gasteiger partial charge in [-0.05, 0) is 164 Å². The van der Waals surface area contributed by atoms with Crippen LogP contribution >= 0.6 is 0 Å². The SMILES string of the molecule is CCCNCCN(CCN(CCNC)CCNC)CCN(CCNCCN)CCNNCN(CCC)CCC.CCCNCCN(CCN(CCNC)CCNC)CCN(CCNCCNC(=O)/C=C/c1ccc(O)c(O)c1)CCNCCN(CCC)CCNC(=O)/C=C/c1ccc(O)c(O)c1.O=C(/C=C/c1ccc(O)c(O)c1)ON1C(=O)CC(S(=O)(=O)O)C1=O. The molecule has 39 heteroatoms. The summed E-state index contributed by atoms with van der Waals surface area (Å²) in [5.41, 5.74) is 14.1. The Bertz CT molecular complexity index is 3560. The van der Waals surface area contributed by atoms with E-state index in [-0.39, 0.29) is 45.6 Å². The van der Waals surface area contributed by atoms with E-state index in [4.69, 9.17) is 15.4 Å². The molecule has 1 aliphatic rings. The monoisotopic (exact) mass is 1800 g/mol. The number of phenols is 6. The second-order valence-corrected chi connectivity index (χ2v) is 32.3. The molecule has 1 saturated heterocycles. The summed E-state index contributed by atoms with van der Waals surface area (Å²) in [4.78, 5) is 84.3. The molecule has 1 heterocycles. The number of amides is 4. The van der Waals surface area contributed by atoms with Gasteiger partial charge in [-0.3, -0.25) is 63.5 Å². The number of phenolic OH excluding ortho intramolecular Hbond substituents is 6. The molecule has 720 valence electrons. The third kappa shape index (κ3) is 55.9. The fourth-order valence-electron chi connectivity index (χ4n) is 13.0. The highest BCUT2D eigenvalue weighted by Gasteiger charge is 2.48. The van der Waals surface area contributed by atoms with E-state index >= 15 is 0 Å². The number of rotatable bonds is 74. The van der Waals surface area contributed by atoms with Crippen molar-refractivity contribution in [2.45, 2.75) is 78.4 Å². The first kappa shape index (κ1) is 114. The molecule has 1 unspecified atom stereocenters. The van der Waals surface area contributed by atoms with Crippen LogP contribution in [0.15, 0.2) is 72.8 Å². The van der Waals surface area contributed by atoms with Crippen LogP contribution in [0, 0.1) is 0 Å². The number of carbonyl (C=O) groups excluding carboxylic acids is 5. The van der Waals surface area contributed by atoms with E-state index in [9.17, 15) is 57.9 Å². The Morgan fingerprint density at radius 2 is 0.706 bits per heavy atom. The Balaban J connectivity index is 0.000000719. The normalized spacial score (nSPS) is 13.2. The van der Waals surface area contributed by atoms with Crippen LogP contribution < -0.4 is 75.1 Å². The van der Waals surface area contributed by atoms with E-state index in [1.165, 1.54) is 67.8 Å². The minimum absolute atomic E-state index is 0.0284. The van der Waals surface area contributed by atoms with E-state index in [0.717, 1.165) is 280 Å². The second-order valence-electron chi connectivity index (χ2n) is 30.7. The number of hydrogen-bond donors (Lipinski definition) is 21. The van der Waals surface area contributed by atoms with Crippen LogP contribution in [0.2, 0.25) is 0 Å². The van der Waals surface area contributed by atoms with Gasteiger partial charge in [-0.1, -0.05) is 52.8 Å². The van der Waals surface area contributed by atoms with Gasteiger partial charge in [0.05, 0.1) is 13.1 Å². The number of imide groups is 1. The second kappa shape index (κ2) is 73.2. The number of hydrogen-bond acceptors (Lipinski definition) is 34. The molecule has 0 aliphatic carbocycles. The van der Waals surface area contributed by atoms with E-state index in [2.05, 4.69) is 148 Å². The van der Waals surface area contributed by atoms with Crippen LogP contribution in [0.25, 0.3) is 18.2 Å². The molecule has 1 atom stereocenters. The smallest absolute Gasteiger partial charge is 0.356 e. The number of carbonyl (C=O) groups is 5. The standard InChI is InChI=1S/C46H81N11O6.C28H69N11.C13H11NO9S/c1-5-15-49-20-31-57(35-33-55(26-18-47-3)27-19-48-4)36-34-56(29-21-50-16-17-52-45(62)13-9-39-7-11-41(58)43(60)37-39)30-23-51-22-28-54(25-6-2)32-24-53-46(63)14-10-40-8-12-42(59)44(61)38-40;1-6-10-32-14-22-38(26-24-36(19-12-30-4)20-13-31-5)27-25-37(21-15-33-11-9-29)23-16-34-35-28-39(17-7-2)18-8-3;15-8-3-1-7(5-9(8)16)2-4-12(18)23-14-11(17)6-10(13(14)19)24(20,21)22/h7-14,37-38,47-51,58-61H,5-6,15-36H2,1-4H3,(H,52,62)(H,53,63);30-35H,6-29H2,1-5H3;1-5,10,15-16H,6H2,(H,20,21,22)/b13-9+,14-10+;;4-2+. The Kier molecular flexibility index (Phi) is 66.4. The molecular formula is C87H161N23O15S. The summed E-state index contributed by atoms with van der Waals surface area (Å²) in [6.07, 6.45) is 12.9. The van der Waals surface area contributed by atoms with Gasteiger partial charge in [-0.15, -0.1) is 5.06 Å². The number of hydrazine groups is 1. The highest BCUT2D eigenvalue weighted by atomic mass is 32.2. The van der Waals surface area contributed by atoms with Gasteiger partial charge in [0.2, 0.25) is 11.8 Å². The maximum absolute atomic E-state index is 12.4. The summed E-state index contributed by atoms with van der Waals surface area (Å²) in [7, 11) is 3.29. The van der Waals surface area contributed by atoms with E-state index in [1.54, 1.807) is 24.3 Å². The molecule has 22 N–H and O–H groups in total. The Morgan fingerprint density at radius 3 is 1.06 bits per heavy atom. The number of likely N-dealkylation sites (N-methyl/N-ethyl adjacent to an activating group) is 4. The van der Waals surface area contributed by atoms with Crippen molar-refractivity contribution >= 4 is 57.9 Å². The van der Waals surface area contributed by atoms with Crippen molar-refractivity contribution in [1.29, 1.82) is 0 Å². The summed E-state index contributed by atoms with van der Waals surface area (Å²) in [5.74, 6) is -5.72. The van der Waals surface area contributed by atoms with Crippen LogP contribution in [-0.4, -0.2) is 426 Å². The zero-order valence-electron chi connectivity index (χ0n) is 77.1. The van der Waals surface area contributed by atoms with Crippen molar-refractivity contribution in [2.75, 3.05) is 303 Å². The molecule has 4 amide bonds. The van der Waals surface area contributed by atoms with Crippen LogP contribution in [0.1, 0.15) is 89.8 Å². The molecular weight excluding hydrogens is 1640 g/mol. The molecule has 0 spiro atoms. The highest BCUT2D eigenvalue weighted by molar-refractivity contribution is 7.87. The molecule has 4 rings (SSSR count). The summed E-state index contributed by atoms with van der Waals surface area (Å²) in [6, 6.07) is 12.5.